The predicted octanol–water partition coefficient (Wildman–Crippen LogP) is 3.98. The van der Waals surface area contributed by atoms with Crippen LogP contribution in [0.3, 0.4) is 0 Å². The first-order chi connectivity index (χ1) is 12.6. The third kappa shape index (κ3) is 4.10. The van der Waals surface area contributed by atoms with Crippen molar-refractivity contribution >= 4 is 5.91 Å². The Hall–Kier alpha value is -2.69. The lowest BCUT2D eigenvalue weighted by Gasteiger charge is -2.25. The Labute approximate surface area is 154 Å². The third-order valence-corrected chi connectivity index (χ3v) is 4.29. The van der Waals surface area contributed by atoms with E-state index in [1.165, 1.54) is 0 Å². The number of ether oxygens (including phenoxy) is 3. The standard InChI is InChI=1S/C21H25NO4/c1-4-24-17-7-5-6-16(12-17)21(23)22-20(14(2)3)15-8-9-18-19(13-15)26-11-10-25-18/h5-9,12-14,20H,4,10-11H2,1-3H3,(H,22,23). The maximum atomic E-state index is 12.8. The smallest absolute Gasteiger partial charge is 0.251 e. The number of benzene rings is 2. The Morgan fingerprint density at radius 1 is 1.12 bits per heavy atom. The van der Waals surface area contributed by atoms with Crippen LogP contribution in [0.1, 0.15) is 42.7 Å². The van der Waals surface area contributed by atoms with Crippen LogP contribution in [-0.4, -0.2) is 25.7 Å². The fourth-order valence-corrected chi connectivity index (χ4v) is 3.01. The summed E-state index contributed by atoms with van der Waals surface area (Å²) in [6.45, 7) is 7.75. The molecule has 3 rings (SSSR count). The lowest BCUT2D eigenvalue weighted by Crippen LogP contribution is -2.32. The van der Waals surface area contributed by atoms with Gasteiger partial charge in [-0.15, -0.1) is 0 Å². The highest BCUT2D eigenvalue weighted by atomic mass is 16.6. The summed E-state index contributed by atoms with van der Waals surface area (Å²) in [7, 11) is 0. The lowest BCUT2D eigenvalue weighted by atomic mass is 9.95. The van der Waals surface area contributed by atoms with Gasteiger partial charge < -0.3 is 19.5 Å². The summed E-state index contributed by atoms with van der Waals surface area (Å²) in [5, 5.41) is 3.13. The molecule has 1 unspecified atom stereocenters. The van der Waals surface area contributed by atoms with Crippen LogP contribution in [0.5, 0.6) is 17.2 Å². The van der Waals surface area contributed by atoms with Crippen molar-refractivity contribution in [3.63, 3.8) is 0 Å². The first kappa shape index (κ1) is 18.1. The van der Waals surface area contributed by atoms with Crippen molar-refractivity contribution in [2.24, 2.45) is 5.92 Å². The van der Waals surface area contributed by atoms with Gasteiger partial charge in [0.1, 0.15) is 19.0 Å². The Morgan fingerprint density at radius 2 is 1.88 bits per heavy atom. The Kier molecular flexibility index (Phi) is 5.66. The summed E-state index contributed by atoms with van der Waals surface area (Å²) >= 11 is 0. The van der Waals surface area contributed by atoms with Crippen molar-refractivity contribution in [2.45, 2.75) is 26.8 Å². The van der Waals surface area contributed by atoms with E-state index in [1.807, 2.05) is 37.3 Å². The monoisotopic (exact) mass is 355 g/mol. The highest BCUT2D eigenvalue weighted by molar-refractivity contribution is 5.94. The molecule has 0 aromatic heterocycles. The van der Waals surface area contributed by atoms with E-state index >= 15 is 0 Å². The Bertz CT molecular complexity index is 772. The first-order valence-corrected chi connectivity index (χ1v) is 9.01. The highest BCUT2D eigenvalue weighted by Gasteiger charge is 2.22. The number of amides is 1. The second kappa shape index (κ2) is 8.13. The molecule has 2 aromatic carbocycles. The summed E-state index contributed by atoms with van der Waals surface area (Å²) in [6.07, 6.45) is 0. The zero-order valence-electron chi connectivity index (χ0n) is 15.5. The molecule has 1 atom stereocenters. The average Bonchev–Trinajstić information content (AvgIpc) is 2.66. The molecular formula is C21H25NO4. The number of carbonyl (C=O) groups excluding carboxylic acids is 1. The minimum atomic E-state index is -0.130. The van der Waals surface area contributed by atoms with E-state index in [2.05, 4.69) is 19.2 Å². The number of hydrogen-bond donors (Lipinski definition) is 1. The molecule has 1 amide bonds. The van der Waals surface area contributed by atoms with Crippen LogP contribution in [0, 0.1) is 5.92 Å². The molecule has 1 N–H and O–H groups in total. The molecule has 1 aliphatic heterocycles. The zero-order chi connectivity index (χ0) is 18.5. The molecule has 138 valence electrons. The quantitative estimate of drug-likeness (QED) is 0.851. The van der Waals surface area contributed by atoms with Crippen LogP contribution in [0.25, 0.3) is 0 Å². The maximum Gasteiger partial charge on any atom is 0.251 e. The molecule has 0 saturated carbocycles. The molecule has 1 heterocycles. The average molecular weight is 355 g/mol. The maximum absolute atomic E-state index is 12.8. The van der Waals surface area contributed by atoms with Crippen molar-refractivity contribution in [1.29, 1.82) is 0 Å². The Morgan fingerprint density at radius 3 is 2.62 bits per heavy atom. The van der Waals surface area contributed by atoms with Gasteiger partial charge in [-0.1, -0.05) is 26.0 Å². The highest BCUT2D eigenvalue weighted by Crippen LogP contribution is 2.34. The van der Waals surface area contributed by atoms with Crippen molar-refractivity contribution in [3.05, 3.63) is 53.6 Å². The van der Waals surface area contributed by atoms with Gasteiger partial charge in [-0.2, -0.15) is 0 Å². The topological polar surface area (TPSA) is 56.8 Å². The van der Waals surface area contributed by atoms with E-state index in [0.717, 1.165) is 17.1 Å². The fourth-order valence-electron chi connectivity index (χ4n) is 3.01. The van der Waals surface area contributed by atoms with Crippen molar-refractivity contribution in [2.75, 3.05) is 19.8 Å². The van der Waals surface area contributed by atoms with Gasteiger partial charge in [0.2, 0.25) is 0 Å². The van der Waals surface area contributed by atoms with Crippen LogP contribution in [-0.2, 0) is 0 Å². The van der Waals surface area contributed by atoms with Crippen molar-refractivity contribution in [3.8, 4) is 17.2 Å². The molecule has 0 fully saturated rings. The number of hydrogen-bond acceptors (Lipinski definition) is 4. The van der Waals surface area contributed by atoms with Gasteiger partial charge in [-0.3, -0.25) is 4.79 Å². The summed E-state index contributed by atoms with van der Waals surface area (Å²) < 4.78 is 16.7. The third-order valence-electron chi connectivity index (χ3n) is 4.29. The first-order valence-electron chi connectivity index (χ1n) is 9.01. The van der Waals surface area contributed by atoms with Crippen LogP contribution >= 0.6 is 0 Å². The van der Waals surface area contributed by atoms with E-state index in [9.17, 15) is 4.79 Å². The predicted molar refractivity (Wildman–Crippen MR) is 100 cm³/mol. The molecule has 5 nitrogen and oxygen atoms in total. The van der Waals surface area contributed by atoms with Gasteiger partial charge in [0, 0.05) is 5.56 Å². The van der Waals surface area contributed by atoms with Gasteiger partial charge in [-0.05, 0) is 48.7 Å². The molecule has 26 heavy (non-hydrogen) atoms. The minimum Gasteiger partial charge on any atom is -0.494 e. The fraction of sp³-hybridized carbons (Fsp3) is 0.381. The van der Waals surface area contributed by atoms with Crippen LogP contribution in [0.15, 0.2) is 42.5 Å². The SMILES string of the molecule is CCOc1cccc(C(=O)NC(c2ccc3c(c2)OCCO3)C(C)C)c1. The van der Waals surface area contributed by atoms with E-state index in [-0.39, 0.29) is 17.9 Å². The zero-order valence-corrected chi connectivity index (χ0v) is 15.5. The molecule has 5 heteroatoms. The molecule has 2 aromatic rings. The minimum absolute atomic E-state index is 0.125. The molecule has 0 radical (unpaired) electrons. The Balaban J connectivity index is 1.80. The lowest BCUT2D eigenvalue weighted by molar-refractivity contribution is 0.0925. The normalized spacial score (nSPS) is 14.0. The van der Waals surface area contributed by atoms with Crippen molar-refractivity contribution in [1.82, 2.24) is 5.32 Å². The molecule has 0 bridgehead atoms. The summed E-state index contributed by atoms with van der Waals surface area (Å²) in [5.41, 5.74) is 1.58. The molecule has 0 aliphatic carbocycles. The largest absolute Gasteiger partial charge is 0.494 e. The molecular weight excluding hydrogens is 330 g/mol. The number of fused-ring (bicyclic) bond motifs is 1. The van der Waals surface area contributed by atoms with Crippen LogP contribution < -0.4 is 19.5 Å². The van der Waals surface area contributed by atoms with Gasteiger partial charge in [0.05, 0.1) is 12.6 Å². The van der Waals surface area contributed by atoms with Gasteiger partial charge in [0.15, 0.2) is 11.5 Å². The van der Waals surface area contributed by atoms with E-state index in [1.54, 1.807) is 12.1 Å². The summed E-state index contributed by atoms with van der Waals surface area (Å²) in [5.74, 6) is 2.27. The van der Waals surface area contributed by atoms with Crippen LogP contribution in [0.4, 0.5) is 0 Å². The molecule has 0 spiro atoms. The van der Waals surface area contributed by atoms with Crippen LogP contribution in [0.2, 0.25) is 0 Å². The molecule has 0 saturated heterocycles. The van der Waals surface area contributed by atoms with E-state index < -0.39 is 0 Å². The van der Waals surface area contributed by atoms with Gasteiger partial charge >= 0.3 is 0 Å². The van der Waals surface area contributed by atoms with E-state index in [4.69, 9.17) is 14.2 Å². The van der Waals surface area contributed by atoms with E-state index in [0.29, 0.717) is 31.1 Å². The van der Waals surface area contributed by atoms with Crippen molar-refractivity contribution < 1.29 is 19.0 Å². The number of nitrogens with one attached hydrogen (secondary N) is 1. The second-order valence-corrected chi connectivity index (χ2v) is 6.56. The molecule has 1 aliphatic rings. The second-order valence-electron chi connectivity index (χ2n) is 6.56. The number of carbonyl (C=O) groups is 1. The van der Waals surface area contributed by atoms with Gasteiger partial charge in [0.25, 0.3) is 5.91 Å². The number of rotatable bonds is 6. The summed E-state index contributed by atoms with van der Waals surface area (Å²) in [6, 6.07) is 12.9. The summed E-state index contributed by atoms with van der Waals surface area (Å²) in [4.78, 5) is 12.8. The van der Waals surface area contributed by atoms with Gasteiger partial charge in [-0.25, -0.2) is 0 Å².